The lowest BCUT2D eigenvalue weighted by atomic mass is 10.3. The molecule has 2 heterocycles. The second kappa shape index (κ2) is 10.9. The van der Waals surface area contributed by atoms with E-state index in [0.29, 0.717) is 16.0 Å². The number of hydrogen-bond donors (Lipinski definition) is 1. The van der Waals surface area contributed by atoms with Gasteiger partial charge in [-0.05, 0) is 19.9 Å². The Hall–Kier alpha value is -3.52. The number of amides is 2. The molecule has 0 fully saturated rings. The first-order chi connectivity index (χ1) is 15.8. The first kappa shape index (κ1) is 24.1. The number of anilines is 1. The highest BCUT2D eigenvalue weighted by atomic mass is 32.2. The first-order valence-corrected chi connectivity index (χ1v) is 11.6. The Labute approximate surface area is 194 Å². The third kappa shape index (κ3) is 6.49. The number of ether oxygens (including phenoxy) is 1. The van der Waals surface area contributed by atoms with Gasteiger partial charge >= 0.3 is 5.97 Å². The number of esters is 1. The Morgan fingerprint density at radius 3 is 2.79 bits per heavy atom. The van der Waals surface area contributed by atoms with E-state index in [4.69, 9.17) is 9.26 Å². The number of aryl methyl sites for hydroxylation is 1. The summed E-state index contributed by atoms with van der Waals surface area (Å²) >= 11 is 2.10. The number of thioether (sulfide) groups is 1. The van der Waals surface area contributed by atoms with Crippen molar-refractivity contribution in [3.05, 3.63) is 44.9 Å². The van der Waals surface area contributed by atoms with Crippen molar-refractivity contribution in [3.8, 4) is 0 Å². The molecule has 33 heavy (non-hydrogen) atoms. The predicted molar refractivity (Wildman–Crippen MR) is 121 cm³/mol. The second-order valence-corrected chi connectivity index (χ2v) is 8.55. The summed E-state index contributed by atoms with van der Waals surface area (Å²) in [5.41, 5.74) is 0.397. The number of fused-ring (bicyclic) bond motifs is 1. The maximum atomic E-state index is 12.4. The molecule has 0 saturated heterocycles. The zero-order valence-electron chi connectivity index (χ0n) is 17.6. The van der Waals surface area contributed by atoms with Crippen molar-refractivity contribution in [2.24, 2.45) is 4.99 Å². The number of carbonyl (C=O) groups excluding carboxylic acids is 3. The van der Waals surface area contributed by atoms with Gasteiger partial charge in [-0.3, -0.25) is 24.5 Å². The summed E-state index contributed by atoms with van der Waals surface area (Å²) in [5, 5.41) is 17.3. The fraction of sp³-hybridized carbons (Fsp3) is 0.316. The molecule has 0 spiro atoms. The monoisotopic (exact) mass is 493 g/mol. The molecule has 0 atom stereocenters. The Morgan fingerprint density at radius 1 is 1.33 bits per heavy atom. The molecule has 2 amide bonds. The summed E-state index contributed by atoms with van der Waals surface area (Å²) in [4.78, 5) is 51.2. The van der Waals surface area contributed by atoms with Gasteiger partial charge in [0, 0.05) is 18.2 Å². The van der Waals surface area contributed by atoms with E-state index in [0.717, 1.165) is 23.1 Å². The molecule has 12 nitrogen and oxygen atoms in total. The molecule has 174 valence electrons. The van der Waals surface area contributed by atoms with Gasteiger partial charge in [0.25, 0.3) is 11.6 Å². The maximum Gasteiger partial charge on any atom is 0.326 e. The van der Waals surface area contributed by atoms with Gasteiger partial charge in [-0.15, -0.1) is 11.8 Å². The van der Waals surface area contributed by atoms with Crippen LogP contribution in [0.3, 0.4) is 0 Å². The number of benzene rings is 1. The van der Waals surface area contributed by atoms with Crippen molar-refractivity contribution in [2.45, 2.75) is 20.4 Å². The van der Waals surface area contributed by atoms with Crippen LogP contribution < -0.4 is 10.1 Å². The fourth-order valence-corrected chi connectivity index (χ4v) is 4.40. The molecule has 0 aliphatic rings. The van der Waals surface area contributed by atoms with Crippen molar-refractivity contribution < 1.29 is 28.6 Å². The molecule has 0 unspecified atom stereocenters. The number of nitro groups is 1. The molecule has 0 aliphatic heterocycles. The van der Waals surface area contributed by atoms with E-state index in [2.05, 4.69) is 15.5 Å². The molecule has 1 N–H and O–H groups in total. The van der Waals surface area contributed by atoms with Crippen molar-refractivity contribution in [1.29, 1.82) is 0 Å². The number of thiazole rings is 1. The summed E-state index contributed by atoms with van der Waals surface area (Å²) in [6, 6.07) is 5.73. The van der Waals surface area contributed by atoms with Crippen LogP contribution in [0.15, 0.2) is 33.8 Å². The van der Waals surface area contributed by atoms with Crippen LogP contribution in [0, 0.1) is 17.0 Å². The van der Waals surface area contributed by atoms with Gasteiger partial charge in [0.1, 0.15) is 12.3 Å². The summed E-state index contributed by atoms with van der Waals surface area (Å²) in [7, 11) is 0. The van der Waals surface area contributed by atoms with Crippen LogP contribution in [-0.2, 0) is 25.7 Å². The van der Waals surface area contributed by atoms with Crippen molar-refractivity contribution in [3.63, 3.8) is 0 Å². The number of nitro benzene ring substituents is 1. The van der Waals surface area contributed by atoms with Crippen molar-refractivity contribution >= 4 is 62.6 Å². The minimum Gasteiger partial charge on any atom is -0.465 e. The van der Waals surface area contributed by atoms with E-state index in [1.54, 1.807) is 19.9 Å². The van der Waals surface area contributed by atoms with Crippen LogP contribution in [0.4, 0.5) is 11.5 Å². The zero-order chi connectivity index (χ0) is 24.0. The van der Waals surface area contributed by atoms with E-state index < -0.39 is 16.8 Å². The Morgan fingerprint density at radius 2 is 2.12 bits per heavy atom. The number of nitrogens with one attached hydrogen (secondary N) is 1. The Kier molecular flexibility index (Phi) is 7.95. The summed E-state index contributed by atoms with van der Waals surface area (Å²) in [5.74, 6) is -0.659. The third-order valence-electron chi connectivity index (χ3n) is 4.04. The van der Waals surface area contributed by atoms with Gasteiger partial charge < -0.3 is 19.1 Å². The van der Waals surface area contributed by atoms with E-state index in [9.17, 15) is 24.5 Å². The maximum absolute atomic E-state index is 12.4. The van der Waals surface area contributed by atoms with Gasteiger partial charge in [0.05, 0.1) is 33.3 Å². The normalized spacial score (nSPS) is 11.5. The molecule has 3 aromatic rings. The fourth-order valence-electron chi connectivity index (χ4n) is 2.72. The largest absolute Gasteiger partial charge is 0.465 e. The minimum atomic E-state index is -0.529. The molecule has 3 rings (SSSR count). The van der Waals surface area contributed by atoms with Gasteiger partial charge in [0.2, 0.25) is 5.91 Å². The summed E-state index contributed by atoms with van der Waals surface area (Å²) in [6.45, 7) is 3.34. The molecule has 0 aliphatic carbocycles. The Balaban J connectivity index is 1.74. The highest BCUT2D eigenvalue weighted by Gasteiger charge is 2.16. The highest BCUT2D eigenvalue weighted by molar-refractivity contribution is 8.00. The van der Waals surface area contributed by atoms with Gasteiger partial charge in [0.15, 0.2) is 10.6 Å². The molecular formula is C19H19N5O7S2. The van der Waals surface area contributed by atoms with E-state index in [1.807, 2.05) is 0 Å². The van der Waals surface area contributed by atoms with Gasteiger partial charge in [-0.2, -0.15) is 4.99 Å². The van der Waals surface area contributed by atoms with Gasteiger partial charge in [-0.25, -0.2) is 0 Å². The lowest BCUT2D eigenvalue weighted by molar-refractivity contribution is -0.384. The number of non-ortho nitro benzene ring substituents is 1. The Bertz CT molecular complexity index is 1280. The molecule has 0 saturated carbocycles. The van der Waals surface area contributed by atoms with E-state index in [-0.39, 0.29) is 46.9 Å². The summed E-state index contributed by atoms with van der Waals surface area (Å²) in [6.07, 6.45) is 0. The van der Waals surface area contributed by atoms with Crippen molar-refractivity contribution in [1.82, 2.24) is 9.72 Å². The summed E-state index contributed by atoms with van der Waals surface area (Å²) < 4.78 is 11.8. The number of carbonyl (C=O) groups is 3. The minimum absolute atomic E-state index is 0.00535. The van der Waals surface area contributed by atoms with E-state index in [1.165, 1.54) is 22.8 Å². The second-order valence-electron chi connectivity index (χ2n) is 6.55. The van der Waals surface area contributed by atoms with E-state index >= 15 is 0 Å². The van der Waals surface area contributed by atoms with Crippen LogP contribution in [0.25, 0.3) is 10.2 Å². The SMILES string of the molecule is CCOC(=O)Cn1c(=NC(=O)CSCC(=O)Nc2cc(C)on2)sc2cc([N+](=O)[O-])ccc21. The standard InChI is InChI=1S/C19H19N5O7S2/c1-3-30-18(27)8-23-13-5-4-12(24(28)29)7-14(13)33-19(23)21-17(26)10-32-9-16(25)20-15-6-11(2)31-22-15/h4-7H,3,8-10H2,1-2H3,(H,20,22,25). The zero-order valence-corrected chi connectivity index (χ0v) is 19.2. The first-order valence-electron chi connectivity index (χ1n) is 9.58. The van der Waals surface area contributed by atoms with Crippen molar-refractivity contribution in [2.75, 3.05) is 23.4 Å². The van der Waals surface area contributed by atoms with Crippen LogP contribution >= 0.6 is 23.1 Å². The average molecular weight is 494 g/mol. The number of hydrogen-bond acceptors (Lipinski definition) is 10. The topological polar surface area (TPSA) is 159 Å². The predicted octanol–water partition coefficient (Wildman–Crippen LogP) is 2.27. The lowest BCUT2D eigenvalue weighted by Crippen LogP contribution is -2.23. The third-order valence-corrected chi connectivity index (χ3v) is 6.00. The quantitative estimate of drug-likeness (QED) is 0.268. The van der Waals surface area contributed by atoms with Crippen LogP contribution in [0.1, 0.15) is 12.7 Å². The lowest BCUT2D eigenvalue weighted by Gasteiger charge is -2.05. The molecule has 0 bridgehead atoms. The average Bonchev–Trinajstić information content (AvgIpc) is 3.30. The number of nitrogens with zero attached hydrogens (tertiary/aromatic N) is 4. The van der Waals surface area contributed by atoms with Crippen LogP contribution in [-0.4, -0.2) is 50.5 Å². The smallest absolute Gasteiger partial charge is 0.326 e. The highest BCUT2D eigenvalue weighted by Crippen LogP contribution is 2.23. The molecule has 1 aromatic carbocycles. The molecular weight excluding hydrogens is 474 g/mol. The number of aromatic nitrogens is 2. The van der Waals surface area contributed by atoms with Crippen LogP contribution in [0.5, 0.6) is 0 Å². The molecule has 2 aromatic heterocycles. The molecule has 0 radical (unpaired) electrons. The van der Waals surface area contributed by atoms with Crippen LogP contribution in [0.2, 0.25) is 0 Å². The number of rotatable bonds is 9. The molecule has 14 heteroatoms. The van der Waals surface area contributed by atoms with Gasteiger partial charge in [-0.1, -0.05) is 16.5 Å².